The first-order valence-electron chi connectivity index (χ1n) is 6.36. The monoisotopic (exact) mass is 309 g/mol. The number of benzene rings is 2. The Morgan fingerprint density at radius 3 is 2.67 bits per heavy atom. The van der Waals surface area contributed by atoms with Gasteiger partial charge in [-0.25, -0.2) is 8.78 Å². The van der Waals surface area contributed by atoms with E-state index in [4.69, 9.17) is 15.2 Å². The largest absolute Gasteiger partial charge is 0.454 e. The van der Waals surface area contributed by atoms with Gasteiger partial charge in [-0.2, -0.15) is 0 Å². The number of rotatable bonds is 4. The van der Waals surface area contributed by atoms with Crippen molar-refractivity contribution in [2.24, 2.45) is 5.73 Å². The summed E-state index contributed by atoms with van der Waals surface area (Å²) >= 11 is 1.38. The van der Waals surface area contributed by atoms with E-state index in [0.29, 0.717) is 22.1 Å². The van der Waals surface area contributed by atoms with Crippen LogP contribution in [0.15, 0.2) is 41.3 Å². The van der Waals surface area contributed by atoms with Crippen LogP contribution >= 0.6 is 11.8 Å². The molecule has 2 aromatic rings. The number of hydrogen-bond donors (Lipinski definition) is 1. The highest BCUT2D eigenvalue weighted by Gasteiger charge is 2.16. The van der Waals surface area contributed by atoms with Crippen LogP contribution in [0.25, 0.3) is 0 Å². The molecule has 0 fully saturated rings. The standard InChI is InChI=1S/C15H13F2NO2S/c16-11-3-2-10(6-12(11)17)21-7-13(18)9-1-4-14-15(5-9)20-8-19-14/h1-6,13H,7-8,18H2. The van der Waals surface area contributed by atoms with Gasteiger partial charge in [0.15, 0.2) is 23.1 Å². The Hall–Kier alpha value is -1.79. The van der Waals surface area contributed by atoms with Crippen LogP contribution in [0.3, 0.4) is 0 Å². The van der Waals surface area contributed by atoms with Gasteiger partial charge in [0.2, 0.25) is 6.79 Å². The molecule has 0 bridgehead atoms. The first-order chi connectivity index (χ1) is 10.1. The quantitative estimate of drug-likeness (QED) is 0.878. The molecule has 6 heteroatoms. The molecule has 0 saturated carbocycles. The van der Waals surface area contributed by atoms with E-state index in [-0.39, 0.29) is 12.8 Å². The second-order valence-electron chi connectivity index (χ2n) is 4.61. The van der Waals surface area contributed by atoms with E-state index in [1.807, 2.05) is 18.2 Å². The third kappa shape index (κ3) is 3.11. The number of nitrogens with two attached hydrogens (primary N) is 1. The fraction of sp³-hybridized carbons (Fsp3) is 0.200. The summed E-state index contributed by atoms with van der Waals surface area (Å²) in [6.07, 6.45) is 0. The lowest BCUT2D eigenvalue weighted by Crippen LogP contribution is -2.12. The molecule has 0 aliphatic carbocycles. The Labute approximate surface area is 125 Å². The highest BCUT2D eigenvalue weighted by atomic mass is 32.2. The van der Waals surface area contributed by atoms with E-state index < -0.39 is 11.6 Å². The van der Waals surface area contributed by atoms with Crippen molar-refractivity contribution >= 4 is 11.8 Å². The number of halogens is 2. The van der Waals surface area contributed by atoms with Crippen LogP contribution in [0, 0.1) is 11.6 Å². The summed E-state index contributed by atoms with van der Waals surface area (Å²) < 4.78 is 36.5. The lowest BCUT2D eigenvalue weighted by molar-refractivity contribution is 0.174. The Balaban J connectivity index is 1.66. The van der Waals surface area contributed by atoms with Gasteiger partial charge in [-0.05, 0) is 35.9 Å². The Morgan fingerprint density at radius 1 is 1.05 bits per heavy atom. The second-order valence-corrected chi connectivity index (χ2v) is 5.70. The fourth-order valence-corrected chi connectivity index (χ4v) is 2.91. The molecule has 0 amide bonds. The van der Waals surface area contributed by atoms with Crippen LogP contribution in [0.5, 0.6) is 11.5 Å². The molecule has 0 radical (unpaired) electrons. The smallest absolute Gasteiger partial charge is 0.231 e. The normalized spacial score (nSPS) is 14.2. The van der Waals surface area contributed by atoms with Crippen LogP contribution in [0.4, 0.5) is 8.78 Å². The average Bonchev–Trinajstić information content (AvgIpc) is 2.95. The highest BCUT2D eigenvalue weighted by Crippen LogP contribution is 2.34. The van der Waals surface area contributed by atoms with Crippen molar-refractivity contribution in [3.8, 4) is 11.5 Å². The minimum Gasteiger partial charge on any atom is -0.454 e. The van der Waals surface area contributed by atoms with Gasteiger partial charge >= 0.3 is 0 Å². The maximum atomic E-state index is 13.1. The van der Waals surface area contributed by atoms with Crippen LogP contribution in [0.1, 0.15) is 11.6 Å². The van der Waals surface area contributed by atoms with Gasteiger partial charge in [0.05, 0.1) is 0 Å². The predicted octanol–water partition coefficient (Wildman–Crippen LogP) is 3.49. The zero-order valence-corrected chi connectivity index (χ0v) is 11.8. The molecule has 2 aromatic carbocycles. The molecule has 1 atom stereocenters. The summed E-state index contributed by atoms with van der Waals surface area (Å²) in [4.78, 5) is 0.644. The SMILES string of the molecule is NC(CSc1ccc(F)c(F)c1)c1ccc2c(c1)OCO2. The van der Waals surface area contributed by atoms with Gasteiger partial charge in [0.1, 0.15) is 0 Å². The van der Waals surface area contributed by atoms with E-state index in [2.05, 4.69) is 0 Å². The number of thioether (sulfide) groups is 1. The number of hydrogen-bond acceptors (Lipinski definition) is 4. The minimum atomic E-state index is -0.850. The molecule has 2 N–H and O–H groups in total. The zero-order chi connectivity index (χ0) is 14.8. The maximum Gasteiger partial charge on any atom is 0.231 e. The van der Waals surface area contributed by atoms with Gasteiger partial charge in [0.25, 0.3) is 0 Å². The van der Waals surface area contributed by atoms with Crippen LogP contribution in [-0.2, 0) is 0 Å². The van der Waals surface area contributed by atoms with E-state index in [0.717, 1.165) is 11.6 Å². The molecule has 0 spiro atoms. The first kappa shape index (κ1) is 14.2. The lowest BCUT2D eigenvalue weighted by Gasteiger charge is -2.12. The number of fused-ring (bicyclic) bond motifs is 1. The second kappa shape index (κ2) is 5.91. The topological polar surface area (TPSA) is 44.5 Å². The molecule has 1 heterocycles. The summed E-state index contributed by atoms with van der Waals surface area (Å²) in [7, 11) is 0. The third-order valence-electron chi connectivity index (χ3n) is 3.15. The van der Waals surface area contributed by atoms with Crippen molar-refractivity contribution in [3.63, 3.8) is 0 Å². The summed E-state index contributed by atoms with van der Waals surface area (Å²) in [6.45, 7) is 0.220. The van der Waals surface area contributed by atoms with Crippen LogP contribution in [0.2, 0.25) is 0 Å². The van der Waals surface area contributed by atoms with Crippen molar-refractivity contribution in [2.75, 3.05) is 12.5 Å². The van der Waals surface area contributed by atoms with E-state index in [1.165, 1.54) is 23.9 Å². The molecule has 1 aliphatic heterocycles. The molecule has 110 valence electrons. The van der Waals surface area contributed by atoms with Gasteiger partial charge in [0, 0.05) is 16.7 Å². The fourth-order valence-electron chi connectivity index (χ4n) is 1.99. The summed E-state index contributed by atoms with van der Waals surface area (Å²) in [5.41, 5.74) is 7.03. The highest BCUT2D eigenvalue weighted by molar-refractivity contribution is 7.99. The molecular weight excluding hydrogens is 296 g/mol. The van der Waals surface area contributed by atoms with Crippen LogP contribution < -0.4 is 15.2 Å². The Morgan fingerprint density at radius 2 is 1.86 bits per heavy atom. The van der Waals surface area contributed by atoms with Gasteiger partial charge < -0.3 is 15.2 Å². The molecular formula is C15H13F2NO2S. The van der Waals surface area contributed by atoms with E-state index in [1.54, 1.807) is 0 Å². The average molecular weight is 309 g/mol. The summed E-state index contributed by atoms with van der Waals surface area (Å²) in [5.74, 6) is 0.237. The summed E-state index contributed by atoms with van der Waals surface area (Å²) in [6, 6.07) is 9.13. The number of ether oxygens (including phenoxy) is 2. The Kier molecular flexibility index (Phi) is 3.98. The van der Waals surface area contributed by atoms with Crippen molar-refractivity contribution < 1.29 is 18.3 Å². The third-order valence-corrected chi connectivity index (χ3v) is 4.26. The van der Waals surface area contributed by atoms with Crippen molar-refractivity contribution in [3.05, 3.63) is 53.6 Å². The molecule has 3 rings (SSSR count). The van der Waals surface area contributed by atoms with Gasteiger partial charge in [-0.15, -0.1) is 11.8 Å². The Bertz CT molecular complexity index is 666. The van der Waals surface area contributed by atoms with Crippen molar-refractivity contribution in [2.45, 2.75) is 10.9 Å². The zero-order valence-electron chi connectivity index (χ0n) is 11.0. The maximum absolute atomic E-state index is 13.1. The molecule has 0 saturated heterocycles. The molecule has 21 heavy (non-hydrogen) atoms. The van der Waals surface area contributed by atoms with E-state index >= 15 is 0 Å². The molecule has 1 aliphatic rings. The lowest BCUT2D eigenvalue weighted by atomic mass is 10.1. The summed E-state index contributed by atoms with van der Waals surface area (Å²) in [5, 5.41) is 0. The minimum absolute atomic E-state index is 0.220. The van der Waals surface area contributed by atoms with Crippen molar-refractivity contribution in [1.82, 2.24) is 0 Å². The molecule has 1 unspecified atom stereocenters. The molecule has 3 nitrogen and oxygen atoms in total. The molecule has 0 aromatic heterocycles. The van der Waals surface area contributed by atoms with Crippen molar-refractivity contribution in [1.29, 1.82) is 0 Å². The van der Waals surface area contributed by atoms with Crippen LogP contribution in [-0.4, -0.2) is 12.5 Å². The first-order valence-corrected chi connectivity index (χ1v) is 7.35. The van der Waals surface area contributed by atoms with Gasteiger partial charge in [-0.3, -0.25) is 0 Å². The predicted molar refractivity (Wildman–Crippen MR) is 76.6 cm³/mol. The van der Waals surface area contributed by atoms with E-state index in [9.17, 15) is 8.78 Å². The van der Waals surface area contributed by atoms with Gasteiger partial charge in [-0.1, -0.05) is 6.07 Å².